The van der Waals surface area contributed by atoms with Crippen LogP contribution in [0.15, 0.2) is 18.2 Å². The number of Topliss-reactive ketones (excluding diaryl/α,β-unsaturated/α-hetero) is 1. The molecular weight excluding hydrogens is 286 g/mol. The van der Waals surface area contributed by atoms with Gasteiger partial charge in [0, 0.05) is 11.3 Å². The van der Waals surface area contributed by atoms with Crippen molar-refractivity contribution in [2.75, 3.05) is 11.9 Å². The fourth-order valence-electron chi connectivity index (χ4n) is 1.82. The summed E-state index contributed by atoms with van der Waals surface area (Å²) in [4.78, 5) is 22.8. The molecule has 0 saturated heterocycles. The maximum Gasteiger partial charge on any atom is 0.411 e. The Morgan fingerprint density at radius 1 is 1.59 bits per heavy atom. The Bertz CT molecular complexity index is 473. The van der Waals surface area contributed by atoms with E-state index >= 15 is 0 Å². The van der Waals surface area contributed by atoms with Crippen LogP contribution in [0.5, 0.6) is 0 Å². The highest BCUT2D eigenvalue weighted by atomic mass is 79.9. The lowest BCUT2D eigenvalue weighted by Gasteiger charge is -2.06. The Morgan fingerprint density at radius 2 is 2.35 bits per heavy atom. The highest BCUT2D eigenvalue weighted by Crippen LogP contribution is 2.29. The lowest BCUT2D eigenvalue weighted by Crippen LogP contribution is -2.13. The monoisotopic (exact) mass is 297 g/mol. The molecule has 1 atom stereocenters. The molecule has 1 aromatic rings. The number of amides is 1. The van der Waals surface area contributed by atoms with Gasteiger partial charge in [-0.3, -0.25) is 10.1 Å². The summed E-state index contributed by atoms with van der Waals surface area (Å²) in [5.74, 6) is 0.0997. The van der Waals surface area contributed by atoms with E-state index in [-0.39, 0.29) is 10.6 Å². The zero-order chi connectivity index (χ0) is 12.4. The predicted octanol–water partition coefficient (Wildman–Crippen LogP) is 2.76. The van der Waals surface area contributed by atoms with Gasteiger partial charge in [-0.25, -0.2) is 4.79 Å². The van der Waals surface area contributed by atoms with Gasteiger partial charge in [0.2, 0.25) is 0 Å². The number of alkyl halides is 1. The van der Waals surface area contributed by atoms with Crippen LogP contribution in [-0.4, -0.2) is 23.3 Å². The molecule has 90 valence electrons. The average molecular weight is 298 g/mol. The van der Waals surface area contributed by atoms with Gasteiger partial charge >= 0.3 is 6.09 Å². The van der Waals surface area contributed by atoms with E-state index < -0.39 is 6.09 Å². The number of carbonyl (C=O) groups excluding carboxylic acids is 2. The molecule has 1 N–H and O–H groups in total. The number of fused-ring (bicyclic) bond motifs is 1. The van der Waals surface area contributed by atoms with Crippen molar-refractivity contribution in [2.45, 2.75) is 18.2 Å². The van der Waals surface area contributed by atoms with Gasteiger partial charge in [-0.1, -0.05) is 15.9 Å². The first-order valence-corrected chi connectivity index (χ1v) is 6.28. The smallest absolute Gasteiger partial charge is 0.411 e. The average Bonchev–Trinajstić information content (AvgIpc) is 2.55. The summed E-state index contributed by atoms with van der Waals surface area (Å²) >= 11 is 3.32. The van der Waals surface area contributed by atoms with Gasteiger partial charge in [0.25, 0.3) is 0 Å². The molecule has 1 aliphatic carbocycles. The largest absolute Gasteiger partial charge is 0.450 e. The Kier molecular flexibility index (Phi) is 3.47. The fourth-order valence-corrected chi connectivity index (χ4v) is 2.42. The summed E-state index contributed by atoms with van der Waals surface area (Å²) in [6, 6.07) is 5.25. The van der Waals surface area contributed by atoms with Crippen LogP contribution in [0.3, 0.4) is 0 Å². The first kappa shape index (κ1) is 12.1. The van der Waals surface area contributed by atoms with Gasteiger partial charge in [-0.15, -0.1) is 0 Å². The molecule has 17 heavy (non-hydrogen) atoms. The van der Waals surface area contributed by atoms with Crippen molar-refractivity contribution in [3.05, 3.63) is 29.3 Å². The third-order valence-electron chi connectivity index (χ3n) is 2.58. The van der Waals surface area contributed by atoms with Crippen molar-refractivity contribution in [1.29, 1.82) is 0 Å². The Balaban J connectivity index is 2.16. The minimum absolute atomic E-state index is 0.0997. The zero-order valence-electron chi connectivity index (χ0n) is 9.33. The normalized spacial score (nSPS) is 17.8. The molecule has 0 bridgehead atoms. The molecule has 0 radical (unpaired) electrons. The number of hydrogen-bond donors (Lipinski definition) is 1. The van der Waals surface area contributed by atoms with Crippen molar-refractivity contribution >= 4 is 33.5 Å². The van der Waals surface area contributed by atoms with E-state index in [0.717, 1.165) is 11.1 Å². The van der Waals surface area contributed by atoms with Crippen LogP contribution in [0.4, 0.5) is 10.5 Å². The minimum atomic E-state index is -0.479. The number of carbonyl (C=O) groups is 2. The zero-order valence-corrected chi connectivity index (χ0v) is 10.9. The van der Waals surface area contributed by atoms with Crippen LogP contribution in [0.25, 0.3) is 0 Å². The van der Waals surface area contributed by atoms with Gasteiger partial charge in [0.05, 0.1) is 11.4 Å². The summed E-state index contributed by atoms with van der Waals surface area (Å²) in [6.45, 7) is 2.08. The van der Waals surface area contributed by atoms with E-state index in [9.17, 15) is 9.59 Å². The number of benzene rings is 1. The minimum Gasteiger partial charge on any atom is -0.450 e. The van der Waals surface area contributed by atoms with Crippen molar-refractivity contribution < 1.29 is 14.3 Å². The van der Waals surface area contributed by atoms with Crippen LogP contribution in [0.1, 0.15) is 22.8 Å². The van der Waals surface area contributed by atoms with Crippen molar-refractivity contribution in [3.63, 3.8) is 0 Å². The van der Waals surface area contributed by atoms with Gasteiger partial charge < -0.3 is 4.74 Å². The number of hydrogen-bond acceptors (Lipinski definition) is 3. The van der Waals surface area contributed by atoms with E-state index in [1.807, 2.05) is 6.07 Å². The molecular formula is C12H12BrNO3. The number of nitrogens with one attached hydrogen (secondary N) is 1. The first-order valence-electron chi connectivity index (χ1n) is 5.36. The van der Waals surface area contributed by atoms with Gasteiger partial charge in [-0.2, -0.15) is 0 Å². The van der Waals surface area contributed by atoms with Crippen LogP contribution >= 0.6 is 15.9 Å². The molecule has 1 amide bonds. The van der Waals surface area contributed by atoms with E-state index in [1.165, 1.54) is 0 Å². The van der Waals surface area contributed by atoms with Gasteiger partial charge in [-0.05, 0) is 37.1 Å². The summed E-state index contributed by atoms with van der Waals surface area (Å²) < 4.78 is 4.78. The third kappa shape index (κ3) is 2.49. The summed E-state index contributed by atoms with van der Waals surface area (Å²) in [7, 11) is 0. The third-order valence-corrected chi connectivity index (χ3v) is 3.32. The predicted molar refractivity (Wildman–Crippen MR) is 67.8 cm³/mol. The first-order chi connectivity index (χ1) is 8.11. The van der Waals surface area contributed by atoms with Gasteiger partial charge in [0.1, 0.15) is 0 Å². The Morgan fingerprint density at radius 3 is 3.06 bits per heavy atom. The standard InChI is InChI=1S/C12H12BrNO3/c1-2-17-12(16)14-8-3-4-9-7(5-8)6-10(13)11(9)15/h3-5,10H,2,6H2,1H3,(H,14,16). The maximum atomic E-state index is 11.7. The molecule has 0 aromatic heterocycles. The Hall–Kier alpha value is -1.36. The molecule has 0 heterocycles. The SMILES string of the molecule is CCOC(=O)Nc1ccc2c(c1)CC(Br)C2=O. The molecule has 0 spiro atoms. The maximum absolute atomic E-state index is 11.7. The second-order valence-corrected chi connectivity index (χ2v) is 4.86. The molecule has 2 rings (SSSR count). The highest BCUT2D eigenvalue weighted by Gasteiger charge is 2.28. The van der Waals surface area contributed by atoms with Crippen LogP contribution in [-0.2, 0) is 11.2 Å². The highest BCUT2D eigenvalue weighted by molar-refractivity contribution is 9.10. The number of anilines is 1. The van der Waals surface area contributed by atoms with Crippen LogP contribution < -0.4 is 5.32 Å². The molecule has 0 fully saturated rings. The number of ketones is 1. The van der Waals surface area contributed by atoms with Crippen LogP contribution in [0.2, 0.25) is 0 Å². The fraction of sp³-hybridized carbons (Fsp3) is 0.333. The van der Waals surface area contributed by atoms with Crippen molar-refractivity contribution in [2.24, 2.45) is 0 Å². The molecule has 1 unspecified atom stereocenters. The quantitative estimate of drug-likeness (QED) is 0.854. The van der Waals surface area contributed by atoms with E-state index in [2.05, 4.69) is 21.2 Å². The second-order valence-electron chi connectivity index (χ2n) is 3.75. The van der Waals surface area contributed by atoms with E-state index in [1.54, 1.807) is 19.1 Å². The van der Waals surface area contributed by atoms with E-state index in [4.69, 9.17) is 4.74 Å². The molecule has 0 saturated carbocycles. The number of ether oxygens (including phenoxy) is 1. The topological polar surface area (TPSA) is 55.4 Å². The van der Waals surface area contributed by atoms with Gasteiger partial charge in [0.15, 0.2) is 5.78 Å². The van der Waals surface area contributed by atoms with E-state index in [0.29, 0.717) is 18.7 Å². The molecule has 1 aromatic carbocycles. The lowest BCUT2D eigenvalue weighted by atomic mass is 10.1. The number of halogens is 1. The van der Waals surface area contributed by atoms with Crippen molar-refractivity contribution in [3.8, 4) is 0 Å². The molecule has 5 heteroatoms. The summed E-state index contributed by atoms with van der Waals surface area (Å²) in [6.07, 6.45) is 0.180. The van der Waals surface area contributed by atoms with Crippen LogP contribution in [0, 0.1) is 0 Å². The summed E-state index contributed by atoms with van der Waals surface area (Å²) in [5.41, 5.74) is 2.32. The number of rotatable bonds is 2. The van der Waals surface area contributed by atoms with Crippen molar-refractivity contribution in [1.82, 2.24) is 0 Å². The summed E-state index contributed by atoms with van der Waals surface area (Å²) in [5, 5.41) is 2.61. The second kappa shape index (κ2) is 4.87. The Labute approximate surface area is 107 Å². The molecule has 4 nitrogen and oxygen atoms in total. The molecule has 1 aliphatic rings. The molecule has 0 aliphatic heterocycles. The lowest BCUT2D eigenvalue weighted by molar-refractivity contribution is 0.100.